The van der Waals surface area contributed by atoms with Crippen LogP contribution < -0.4 is 10.2 Å². The minimum Gasteiger partial charge on any atom is -0.357 e. The maximum atomic E-state index is 11.3. The van der Waals surface area contributed by atoms with Crippen molar-refractivity contribution in [3.63, 3.8) is 0 Å². The number of benzene rings is 1. The van der Waals surface area contributed by atoms with Crippen LogP contribution in [0.5, 0.6) is 0 Å². The summed E-state index contributed by atoms with van der Waals surface area (Å²) in [7, 11) is 3.81. The predicted molar refractivity (Wildman–Crippen MR) is 82.2 cm³/mol. The lowest BCUT2D eigenvalue weighted by Crippen LogP contribution is -2.28. The SMILES string of the molecule is CCc1ccc2c(N(C)CCC(=O)NC=O)nn(C)c2c1. The summed E-state index contributed by atoms with van der Waals surface area (Å²) in [6.45, 7) is 2.62. The molecule has 21 heavy (non-hydrogen) atoms. The van der Waals surface area contributed by atoms with Crippen molar-refractivity contribution in [2.24, 2.45) is 7.05 Å². The Morgan fingerprint density at radius 1 is 1.48 bits per heavy atom. The molecule has 0 bridgehead atoms. The van der Waals surface area contributed by atoms with Crippen LogP contribution in [-0.4, -0.2) is 35.7 Å². The van der Waals surface area contributed by atoms with Gasteiger partial charge in [-0.2, -0.15) is 5.10 Å². The molecule has 2 aromatic rings. The highest BCUT2D eigenvalue weighted by atomic mass is 16.2. The van der Waals surface area contributed by atoms with Crippen molar-refractivity contribution in [1.82, 2.24) is 15.1 Å². The number of carbonyl (C=O) groups excluding carboxylic acids is 2. The molecule has 0 aliphatic carbocycles. The van der Waals surface area contributed by atoms with Crippen molar-refractivity contribution in [3.05, 3.63) is 23.8 Å². The van der Waals surface area contributed by atoms with Crippen molar-refractivity contribution >= 4 is 29.0 Å². The molecule has 0 fully saturated rings. The first-order valence-corrected chi connectivity index (χ1v) is 6.96. The Labute approximate surface area is 123 Å². The van der Waals surface area contributed by atoms with Crippen molar-refractivity contribution in [2.45, 2.75) is 19.8 Å². The summed E-state index contributed by atoms with van der Waals surface area (Å²) >= 11 is 0. The van der Waals surface area contributed by atoms with Gasteiger partial charge in [-0.05, 0) is 24.1 Å². The molecular formula is C15H20N4O2. The highest BCUT2D eigenvalue weighted by molar-refractivity contribution is 5.91. The molecule has 0 unspecified atom stereocenters. The van der Waals surface area contributed by atoms with Crippen LogP contribution >= 0.6 is 0 Å². The second-order valence-electron chi connectivity index (χ2n) is 5.01. The Morgan fingerprint density at radius 2 is 2.24 bits per heavy atom. The third-order valence-electron chi connectivity index (χ3n) is 3.56. The van der Waals surface area contributed by atoms with Crippen LogP contribution in [0.2, 0.25) is 0 Å². The predicted octanol–water partition coefficient (Wildman–Crippen LogP) is 1.23. The Kier molecular flexibility index (Phi) is 4.57. The summed E-state index contributed by atoms with van der Waals surface area (Å²) < 4.78 is 1.85. The van der Waals surface area contributed by atoms with Crippen LogP contribution in [0.3, 0.4) is 0 Å². The van der Waals surface area contributed by atoms with E-state index in [1.54, 1.807) is 0 Å². The number of amides is 2. The minimum atomic E-state index is -0.287. The second-order valence-corrected chi connectivity index (χ2v) is 5.01. The fraction of sp³-hybridized carbons (Fsp3) is 0.400. The topological polar surface area (TPSA) is 67.2 Å². The summed E-state index contributed by atoms with van der Waals surface area (Å²) in [6, 6.07) is 6.30. The van der Waals surface area contributed by atoms with Gasteiger partial charge in [0.25, 0.3) is 0 Å². The van der Waals surface area contributed by atoms with Gasteiger partial charge < -0.3 is 4.90 Å². The lowest BCUT2D eigenvalue weighted by atomic mass is 10.1. The number of anilines is 1. The average molecular weight is 288 g/mol. The zero-order valence-corrected chi connectivity index (χ0v) is 12.6. The van der Waals surface area contributed by atoms with Gasteiger partial charge in [-0.25, -0.2) is 0 Å². The fourth-order valence-corrected chi connectivity index (χ4v) is 2.30. The van der Waals surface area contributed by atoms with Crippen LogP contribution in [0.4, 0.5) is 5.82 Å². The molecule has 0 spiro atoms. The molecule has 2 rings (SSSR count). The normalized spacial score (nSPS) is 10.6. The number of rotatable bonds is 6. The highest BCUT2D eigenvalue weighted by Crippen LogP contribution is 2.26. The van der Waals surface area contributed by atoms with Crippen LogP contribution in [0.15, 0.2) is 18.2 Å². The number of hydrogen-bond acceptors (Lipinski definition) is 4. The molecule has 1 aromatic carbocycles. The van der Waals surface area contributed by atoms with E-state index >= 15 is 0 Å². The van der Waals surface area contributed by atoms with E-state index in [1.807, 2.05) is 23.7 Å². The van der Waals surface area contributed by atoms with Gasteiger partial charge >= 0.3 is 0 Å². The van der Waals surface area contributed by atoms with Gasteiger partial charge in [0.1, 0.15) is 0 Å². The van der Waals surface area contributed by atoms with Gasteiger partial charge in [0.15, 0.2) is 5.82 Å². The monoisotopic (exact) mass is 288 g/mol. The molecule has 6 nitrogen and oxygen atoms in total. The molecule has 112 valence electrons. The largest absolute Gasteiger partial charge is 0.357 e. The summed E-state index contributed by atoms with van der Waals surface area (Å²) in [5, 5.41) is 7.73. The van der Waals surface area contributed by atoms with Gasteiger partial charge in [-0.3, -0.25) is 19.6 Å². The molecule has 0 saturated carbocycles. The smallest absolute Gasteiger partial charge is 0.228 e. The second kappa shape index (κ2) is 6.39. The van der Waals surface area contributed by atoms with E-state index in [9.17, 15) is 9.59 Å². The molecule has 1 aromatic heterocycles. The lowest BCUT2D eigenvalue weighted by molar-refractivity contribution is -0.125. The number of aryl methyl sites for hydroxylation is 2. The molecule has 6 heteroatoms. The van der Waals surface area contributed by atoms with Gasteiger partial charge in [-0.15, -0.1) is 0 Å². The number of nitrogens with one attached hydrogen (secondary N) is 1. The molecule has 1 N–H and O–H groups in total. The number of imide groups is 1. The van der Waals surface area contributed by atoms with E-state index in [0.717, 1.165) is 23.1 Å². The number of aromatic nitrogens is 2. The van der Waals surface area contributed by atoms with E-state index in [-0.39, 0.29) is 12.3 Å². The van der Waals surface area contributed by atoms with Gasteiger partial charge in [0.2, 0.25) is 12.3 Å². The van der Waals surface area contributed by atoms with Gasteiger partial charge in [0, 0.05) is 32.4 Å². The number of fused-ring (bicyclic) bond motifs is 1. The summed E-state index contributed by atoms with van der Waals surface area (Å²) in [5.74, 6) is 0.555. The van der Waals surface area contributed by atoms with Crippen molar-refractivity contribution < 1.29 is 9.59 Å². The molecule has 0 atom stereocenters. The van der Waals surface area contributed by atoms with E-state index < -0.39 is 0 Å². The van der Waals surface area contributed by atoms with Crippen LogP contribution in [-0.2, 0) is 23.1 Å². The summed E-state index contributed by atoms with van der Waals surface area (Å²) in [4.78, 5) is 23.5. The minimum absolute atomic E-state index is 0.250. The zero-order chi connectivity index (χ0) is 15.4. The maximum absolute atomic E-state index is 11.3. The average Bonchev–Trinajstić information content (AvgIpc) is 2.82. The Morgan fingerprint density at radius 3 is 2.90 bits per heavy atom. The maximum Gasteiger partial charge on any atom is 0.228 e. The van der Waals surface area contributed by atoms with E-state index in [2.05, 4.69) is 35.5 Å². The fourth-order valence-electron chi connectivity index (χ4n) is 2.30. The van der Waals surface area contributed by atoms with E-state index in [4.69, 9.17) is 0 Å². The Balaban J connectivity index is 2.21. The zero-order valence-electron chi connectivity index (χ0n) is 12.6. The van der Waals surface area contributed by atoms with Crippen molar-refractivity contribution in [1.29, 1.82) is 0 Å². The van der Waals surface area contributed by atoms with Crippen LogP contribution in [0, 0.1) is 0 Å². The number of carbonyl (C=O) groups is 2. The Bertz CT molecular complexity index is 663. The van der Waals surface area contributed by atoms with Crippen molar-refractivity contribution in [2.75, 3.05) is 18.5 Å². The molecular weight excluding hydrogens is 268 g/mol. The molecule has 0 radical (unpaired) electrons. The Hall–Kier alpha value is -2.37. The third-order valence-corrected chi connectivity index (χ3v) is 3.56. The van der Waals surface area contributed by atoms with Crippen LogP contribution in [0.25, 0.3) is 10.9 Å². The van der Waals surface area contributed by atoms with E-state index in [1.165, 1.54) is 5.56 Å². The molecule has 2 amide bonds. The first kappa shape index (κ1) is 15.0. The number of nitrogens with zero attached hydrogens (tertiary/aromatic N) is 3. The van der Waals surface area contributed by atoms with Gasteiger partial charge in [-0.1, -0.05) is 13.0 Å². The first-order chi connectivity index (χ1) is 10.1. The third kappa shape index (κ3) is 3.21. The van der Waals surface area contributed by atoms with Crippen LogP contribution in [0.1, 0.15) is 18.9 Å². The van der Waals surface area contributed by atoms with Gasteiger partial charge in [0.05, 0.1) is 5.52 Å². The van der Waals surface area contributed by atoms with Crippen molar-refractivity contribution in [3.8, 4) is 0 Å². The molecule has 1 heterocycles. The summed E-state index contributed by atoms with van der Waals surface area (Å²) in [6.07, 6.45) is 1.64. The van der Waals surface area contributed by atoms with E-state index in [0.29, 0.717) is 13.0 Å². The quantitative estimate of drug-likeness (QED) is 0.812. The lowest BCUT2D eigenvalue weighted by Gasteiger charge is -2.16. The standard InChI is InChI=1S/C15H20N4O2/c1-4-11-5-6-12-13(9-11)19(3)17-15(12)18(2)8-7-14(21)16-10-20/h5-6,9-10H,4,7-8H2,1-3H3,(H,16,20,21). The molecule has 0 saturated heterocycles. The summed E-state index contributed by atoms with van der Waals surface area (Å²) in [5.41, 5.74) is 2.35. The number of hydrogen-bond donors (Lipinski definition) is 1. The highest BCUT2D eigenvalue weighted by Gasteiger charge is 2.13. The molecule has 0 aliphatic rings. The molecule has 0 aliphatic heterocycles. The first-order valence-electron chi connectivity index (χ1n) is 6.96.